The molecule has 1 N–H and O–H groups in total. The summed E-state index contributed by atoms with van der Waals surface area (Å²) >= 11 is 11.2. The van der Waals surface area contributed by atoms with Gasteiger partial charge in [0.05, 0.1) is 18.2 Å². The van der Waals surface area contributed by atoms with E-state index in [4.69, 9.17) is 27.9 Å². The number of hydrogen-bond acceptors (Lipinski definition) is 2. The van der Waals surface area contributed by atoms with Gasteiger partial charge in [0.2, 0.25) is 0 Å². The van der Waals surface area contributed by atoms with E-state index in [1.54, 1.807) is 0 Å². The first-order valence-corrected chi connectivity index (χ1v) is 7.12. The van der Waals surface area contributed by atoms with E-state index in [9.17, 15) is 0 Å². The van der Waals surface area contributed by atoms with E-state index in [-0.39, 0.29) is 5.41 Å². The third-order valence-electron chi connectivity index (χ3n) is 2.63. The molecule has 0 bridgehead atoms. The van der Waals surface area contributed by atoms with Crippen LogP contribution in [0.2, 0.25) is 0 Å². The van der Waals surface area contributed by atoms with E-state index in [0.717, 1.165) is 13.1 Å². The van der Waals surface area contributed by atoms with E-state index < -0.39 is 0 Å². The highest BCUT2D eigenvalue weighted by Gasteiger charge is 2.17. The molecule has 0 amide bonds. The highest BCUT2D eigenvalue weighted by Crippen LogP contribution is 2.15. The largest absolute Gasteiger partial charge is 0.375 e. The van der Waals surface area contributed by atoms with Gasteiger partial charge in [0.15, 0.2) is 0 Å². The van der Waals surface area contributed by atoms with Crippen LogP contribution < -0.4 is 5.32 Å². The predicted molar refractivity (Wildman–Crippen MR) is 82.5 cm³/mol. The maximum absolute atomic E-state index is 5.77. The average molecular weight is 302 g/mol. The Morgan fingerprint density at radius 1 is 1.32 bits per heavy atom. The van der Waals surface area contributed by atoms with Gasteiger partial charge in [0, 0.05) is 24.0 Å². The molecule has 0 aliphatic carbocycles. The van der Waals surface area contributed by atoms with Crippen LogP contribution >= 0.6 is 23.2 Å². The van der Waals surface area contributed by atoms with Crippen LogP contribution in [0.3, 0.4) is 0 Å². The SMILES string of the molecule is CC(C)(CNCc1ccccc1)COC/C(Cl)=C/Cl. The van der Waals surface area contributed by atoms with Crippen LogP contribution in [0, 0.1) is 5.41 Å². The molecule has 2 nitrogen and oxygen atoms in total. The molecule has 1 aromatic rings. The van der Waals surface area contributed by atoms with Gasteiger partial charge in [-0.3, -0.25) is 0 Å². The van der Waals surface area contributed by atoms with E-state index in [1.165, 1.54) is 11.1 Å². The first-order valence-electron chi connectivity index (χ1n) is 6.31. The van der Waals surface area contributed by atoms with E-state index in [1.807, 2.05) is 18.2 Å². The zero-order valence-corrected chi connectivity index (χ0v) is 13.0. The molecule has 0 saturated carbocycles. The normalized spacial score (nSPS) is 12.7. The Bertz CT molecular complexity index is 390. The third kappa shape index (κ3) is 7.58. The lowest BCUT2D eigenvalue weighted by molar-refractivity contribution is 0.0786. The topological polar surface area (TPSA) is 21.3 Å². The van der Waals surface area contributed by atoms with Gasteiger partial charge in [-0.05, 0) is 5.56 Å². The van der Waals surface area contributed by atoms with E-state index in [0.29, 0.717) is 18.2 Å². The first-order chi connectivity index (χ1) is 9.03. The second-order valence-corrected chi connectivity index (χ2v) is 6.01. The van der Waals surface area contributed by atoms with Crippen molar-refractivity contribution in [2.24, 2.45) is 5.41 Å². The molecule has 0 fully saturated rings. The molecule has 0 atom stereocenters. The molecule has 0 unspecified atom stereocenters. The molecule has 1 rings (SSSR count). The molecule has 19 heavy (non-hydrogen) atoms. The number of ether oxygens (including phenoxy) is 1. The molecule has 0 saturated heterocycles. The molecule has 106 valence electrons. The fraction of sp³-hybridized carbons (Fsp3) is 0.467. The van der Waals surface area contributed by atoms with Crippen LogP contribution in [0.25, 0.3) is 0 Å². The smallest absolute Gasteiger partial charge is 0.0832 e. The zero-order chi connectivity index (χ0) is 14.1. The molecule has 0 aliphatic rings. The zero-order valence-electron chi connectivity index (χ0n) is 11.5. The molecule has 0 radical (unpaired) electrons. The summed E-state index contributed by atoms with van der Waals surface area (Å²) in [6, 6.07) is 10.3. The van der Waals surface area contributed by atoms with Crippen molar-refractivity contribution < 1.29 is 4.74 Å². The molecule has 0 spiro atoms. The van der Waals surface area contributed by atoms with Gasteiger partial charge in [-0.15, -0.1) is 0 Å². The van der Waals surface area contributed by atoms with Gasteiger partial charge in [-0.25, -0.2) is 0 Å². The van der Waals surface area contributed by atoms with Crippen molar-refractivity contribution in [3.05, 3.63) is 46.5 Å². The van der Waals surface area contributed by atoms with Crippen LogP contribution in [0.5, 0.6) is 0 Å². The summed E-state index contributed by atoms with van der Waals surface area (Å²) < 4.78 is 5.53. The Morgan fingerprint density at radius 3 is 2.63 bits per heavy atom. The maximum Gasteiger partial charge on any atom is 0.0832 e. The monoisotopic (exact) mass is 301 g/mol. The van der Waals surface area contributed by atoms with Gasteiger partial charge in [-0.2, -0.15) is 0 Å². The Morgan fingerprint density at radius 2 is 2.00 bits per heavy atom. The Kier molecular flexibility index (Phi) is 7.47. The van der Waals surface area contributed by atoms with Crippen LogP contribution in [-0.4, -0.2) is 19.8 Å². The van der Waals surface area contributed by atoms with Gasteiger partial charge < -0.3 is 10.1 Å². The Balaban J connectivity index is 2.23. The van der Waals surface area contributed by atoms with Crippen molar-refractivity contribution in [3.63, 3.8) is 0 Å². The second-order valence-electron chi connectivity index (χ2n) is 5.30. The summed E-state index contributed by atoms with van der Waals surface area (Å²) in [6.07, 6.45) is 0. The van der Waals surface area contributed by atoms with Crippen molar-refractivity contribution in [2.75, 3.05) is 19.8 Å². The number of nitrogens with one attached hydrogen (secondary N) is 1. The Hall–Kier alpha value is -0.540. The van der Waals surface area contributed by atoms with Crippen LogP contribution in [-0.2, 0) is 11.3 Å². The second kappa shape index (κ2) is 8.60. The van der Waals surface area contributed by atoms with E-state index >= 15 is 0 Å². The fourth-order valence-electron chi connectivity index (χ4n) is 1.65. The molecule has 0 aliphatic heterocycles. The van der Waals surface area contributed by atoms with Crippen molar-refractivity contribution in [1.82, 2.24) is 5.32 Å². The molecule has 0 heterocycles. The highest BCUT2D eigenvalue weighted by atomic mass is 35.5. The summed E-state index contributed by atoms with van der Waals surface area (Å²) in [5.74, 6) is 0. The quantitative estimate of drug-likeness (QED) is 0.779. The van der Waals surface area contributed by atoms with Crippen molar-refractivity contribution in [1.29, 1.82) is 0 Å². The van der Waals surface area contributed by atoms with Crippen molar-refractivity contribution in [2.45, 2.75) is 20.4 Å². The van der Waals surface area contributed by atoms with Gasteiger partial charge >= 0.3 is 0 Å². The number of halogens is 2. The summed E-state index contributed by atoms with van der Waals surface area (Å²) in [5.41, 5.74) is 2.67. The summed E-state index contributed by atoms with van der Waals surface area (Å²) in [4.78, 5) is 0. The minimum Gasteiger partial charge on any atom is -0.375 e. The van der Waals surface area contributed by atoms with Crippen molar-refractivity contribution >= 4 is 23.2 Å². The van der Waals surface area contributed by atoms with Gasteiger partial charge in [0.25, 0.3) is 0 Å². The molecular weight excluding hydrogens is 281 g/mol. The summed E-state index contributed by atoms with van der Waals surface area (Å²) in [5, 5.41) is 3.96. The highest BCUT2D eigenvalue weighted by molar-refractivity contribution is 6.36. The number of rotatable bonds is 8. The number of hydrogen-bond donors (Lipinski definition) is 1. The minimum atomic E-state index is 0.0538. The van der Waals surface area contributed by atoms with Crippen molar-refractivity contribution in [3.8, 4) is 0 Å². The lowest BCUT2D eigenvalue weighted by Crippen LogP contribution is -2.33. The summed E-state index contributed by atoms with van der Waals surface area (Å²) in [6.45, 7) is 7.06. The average Bonchev–Trinajstić information content (AvgIpc) is 2.39. The van der Waals surface area contributed by atoms with Crippen LogP contribution in [0.15, 0.2) is 40.9 Å². The summed E-state index contributed by atoms with van der Waals surface area (Å²) in [7, 11) is 0. The lowest BCUT2D eigenvalue weighted by Gasteiger charge is -2.25. The third-order valence-corrected chi connectivity index (χ3v) is 3.22. The first kappa shape index (κ1) is 16.5. The maximum atomic E-state index is 5.77. The fourth-order valence-corrected chi connectivity index (χ4v) is 1.79. The van der Waals surface area contributed by atoms with Gasteiger partial charge in [-0.1, -0.05) is 67.4 Å². The van der Waals surface area contributed by atoms with Crippen LogP contribution in [0.4, 0.5) is 0 Å². The predicted octanol–water partition coefficient (Wildman–Crippen LogP) is 4.14. The minimum absolute atomic E-state index is 0.0538. The van der Waals surface area contributed by atoms with Crippen LogP contribution in [0.1, 0.15) is 19.4 Å². The molecule has 4 heteroatoms. The Labute approximate surface area is 125 Å². The lowest BCUT2D eigenvalue weighted by atomic mass is 9.95. The molecule has 0 aromatic heterocycles. The molecular formula is C15H21Cl2NO. The standard InChI is InChI=1S/C15H21Cl2NO/c1-15(2,12-19-10-14(17)8-16)11-18-9-13-6-4-3-5-7-13/h3-8,18H,9-12H2,1-2H3/b14-8-. The molecule has 1 aromatic carbocycles. The van der Waals surface area contributed by atoms with E-state index in [2.05, 4.69) is 31.3 Å². The number of benzene rings is 1. The van der Waals surface area contributed by atoms with Gasteiger partial charge in [0.1, 0.15) is 0 Å².